The molecule has 1 saturated heterocycles. The van der Waals surface area contributed by atoms with E-state index >= 15 is 0 Å². The average molecular weight is 486 g/mol. The van der Waals surface area contributed by atoms with Crippen LogP contribution in [0.4, 0.5) is 16.4 Å². The molecule has 0 aliphatic carbocycles. The third-order valence-corrected chi connectivity index (χ3v) is 6.62. The van der Waals surface area contributed by atoms with E-state index in [1.54, 1.807) is 18.3 Å². The number of halogens is 2. The summed E-state index contributed by atoms with van der Waals surface area (Å²) in [4.78, 5) is 23.5. The van der Waals surface area contributed by atoms with Gasteiger partial charge in [-0.3, -0.25) is 0 Å². The Morgan fingerprint density at radius 1 is 1.15 bits per heavy atom. The molecule has 0 bridgehead atoms. The van der Waals surface area contributed by atoms with Gasteiger partial charge in [-0.05, 0) is 31.4 Å². The average Bonchev–Trinajstić information content (AvgIpc) is 2.81. The topological polar surface area (TPSA) is 93.4 Å². The summed E-state index contributed by atoms with van der Waals surface area (Å²) in [6.07, 6.45) is 2.74. The predicted molar refractivity (Wildman–Crippen MR) is 132 cm³/mol. The van der Waals surface area contributed by atoms with Crippen LogP contribution in [0.5, 0.6) is 0 Å². The lowest BCUT2D eigenvalue weighted by atomic mass is 9.90. The SMILES string of the molecule is CC1(NC(=O)OCc2ccccc2)CCN(c2cnc(-c3cccc(Cl)c3Cl)c(N)n2)CC1. The standard InChI is InChI=1S/C24H25Cl2N5O2/c1-24(30-23(32)33-15-16-6-3-2-4-7-16)10-12-31(13-11-24)19-14-28-21(22(27)29-19)17-8-5-9-18(25)20(17)26/h2-9,14H,10-13,15H2,1H3,(H2,27,29)(H,30,32). The van der Waals surface area contributed by atoms with Crippen LogP contribution in [0.2, 0.25) is 10.0 Å². The maximum absolute atomic E-state index is 12.3. The van der Waals surface area contributed by atoms with Crippen LogP contribution in [0.25, 0.3) is 11.3 Å². The summed E-state index contributed by atoms with van der Waals surface area (Å²) in [5.41, 5.74) is 7.93. The van der Waals surface area contributed by atoms with Crippen LogP contribution in [0.1, 0.15) is 25.3 Å². The Hall–Kier alpha value is -3.03. The van der Waals surface area contributed by atoms with Crippen molar-refractivity contribution in [1.29, 1.82) is 0 Å². The van der Waals surface area contributed by atoms with Gasteiger partial charge in [0.1, 0.15) is 18.1 Å². The van der Waals surface area contributed by atoms with Gasteiger partial charge in [0.25, 0.3) is 0 Å². The number of ether oxygens (including phenoxy) is 1. The van der Waals surface area contributed by atoms with E-state index < -0.39 is 6.09 Å². The van der Waals surface area contributed by atoms with Crippen LogP contribution >= 0.6 is 23.2 Å². The Kier molecular flexibility index (Phi) is 6.91. The highest BCUT2D eigenvalue weighted by Gasteiger charge is 2.33. The molecule has 0 atom stereocenters. The second-order valence-corrected chi connectivity index (χ2v) is 9.08. The second-order valence-electron chi connectivity index (χ2n) is 8.30. The van der Waals surface area contributed by atoms with Gasteiger partial charge >= 0.3 is 6.09 Å². The van der Waals surface area contributed by atoms with Crippen LogP contribution in [0.3, 0.4) is 0 Å². The normalized spacial score (nSPS) is 15.2. The molecule has 1 aromatic heterocycles. The molecule has 0 radical (unpaired) electrons. The summed E-state index contributed by atoms with van der Waals surface area (Å²) in [5, 5.41) is 3.85. The number of hydrogen-bond acceptors (Lipinski definition) is 6. The summed E-state index contributed by atoms with van der Waals surface area (Å²) in [6, 6.07) is 14.9. The lowest BCUT2D eigenvalue weighted by Crippen LogP contribution is -2.53. The lowest BCUT2D eigenvalue weighted by molar-refractivity contribution is 0.123. The van der Waals surface area contributed by atoms with Gasteiger partial charge in [-0.1, -0.05) is 65.7 Å². The third-order valence-electron chi connectivity index (χ3n) is 5.80. The lowest BCUT2D eigenvalue weighted by Gasteiger charge is -2.40. The second kappa shape index (κ2) is 9.85. The molecule has 7 nitrogen and oxygen atoms in total. The van der Waals surface area contributed by atoms with Crippen molar-refractivity contribution in [2.75, 3.05) is 23.7 Å². The number of nitrogens with two attached hydrogens (primary N) is 1. The number of rotatable bonds is 5. The number of anilines is 2. The molecule has 1 aliphatic heterocycles. The van der Waals surface area contributed by atoms with E-state index in [2.05, 4.69) is 20.2 Å². The van der Waals surface area contributed by atoms with Crippen LogP contribution in [-0.4, -0.2) is 34.7 Å². The number of amides is 1. The largest absolute Gasteiger partial charge is 0.445 e. The fraction of sp³-hybridized carbons (Fsp3) is 0.292. The number of benzene rings is 2. The molecule has 0 saturated carbocycles. The van der Waals surface area contributed by atoms with E-state index in [1.807, 2.05) is 43.3 Å². The number of hydrogen-bond donors (Lipinski definition) is 2. The van der Waals surface area contributed by atoms with Gasteiger partial charge in [0.2, 0.25) is 0 Å². The molecule has 2 aromatic carbocycles. The van der Waals surface area contributed by atoms with Crippen molar-refractivity contribution in [3.05, 3.63) is 70.3 Å². The van der Waals surface area contributed by atoms with Crippen molar-refractivity contribution in [1.82, 2.24) is 15.3 Å². The van der Waals surface area contributed by atoms with E-state index in [9.17, 15) is 4.79 Å². The summed E-state index contributed by atoms with van der Waals surface area (Å²) in [7, 11) is 0. The highest BCUT2D eigenvalue weighted by atomic mass is 35.5. The highest BCUT2D eigenvalue weighted by Crippen LogP contribution is 2.35. The number of piperidine rings is 1. The van der Waals surface area contributed by atoms with Crippen molar-refractivity contribution in [3.8, 4) is 11.3 Å². The minimum atomic E-state index is -0.415. The Labute approximate surface area is 202 Å². The minimum absolute atomic E-state index is 0.243. The van der Waals surface area contributed by atoms with Gasteiger partial charge in [-0.25, -0.2) is 14.8 Å². The van der Waals surface area contributed by atoms with E-state index in [4.69, 9.17) is 33.7 Å². The van der Waals surface area contributed by atoms with E-state index in [0.717, 1.165) is 18.4 Å². The molecule has 0 spiro atoms. The predicted octanol–water partition coefficient (Wildman–Crippen LogP) is 5.32. The maximum atomic E-state index is 12.3. The van der Waals surface area contributed by atoms with Crippen LogP contribution in [0.15, 0.2) is 54.7 Å². The van der Waals surface area contributed by atoms with E-state index in [-0.39, 0.29) is 18.0 Å². The summed E-state index contributed by atoms with van der Waals surface area (Å²) >= 11 is 12.4. The Balaban J connectivity index is 1.35. The maximum Gasteiger partial charge on any atom is 0.407 e. The van der Waals surface area contributed by atoms with Crippen molar-refractivity contribution in [3.63, 3.8) is 0 Å². The van der Waals surface area contributed by atoms with Gasteiger partial charge < -0.3 is 20.7 Å². The number of carbonyl (C=O) groups is 1. The number of nitrogen functional groups attached to an aromatic ring is 1. The van der Waals surface area contributed by atoms with E-state index in [0.29, 0.717) is 40.2 Å². The molecule has 1 amide bonds. The molecule has 1 fully saturated rings. The third kappa shape index (κ3) is 5.49. The molecule has 9 heteroatoms. The Morgan fingerprint density at radius 2 is 1.88 bits per heavy atom. The van der Waals surface area contributed by atoms with Gasteiger partial charge in [0.05, 0.1) is 16.2 Å². The Morgan fingerprint density at radius 3 is 2.58 bits per heavy atom. The zero-order chi connectivity index (χ0) is 23.4. The summed E-state index contributed by atoms with van der Waals surface area (Å²) in [5.74, 6) is 0.968. The zero-order valence-electron chi connectivity index (χ0n) is 18.2. The van der Waals surface area contributed by atoms with E-state index in [1.165, 1.54) is 0 Å². The van der Waals surface area contributed by atoms with Crippen molar-refractivity contribution < 1.29 is 9.53 Å². The first-order valence-electron chi connectivity index (χ1n) is 10.7. The van der Waals surface area contributed by atoms with Crippen LogP contribution < -0.4 is 16.0 Å². The number of aromatic nitrogens is 2. The zero-order valence-corrected chi connectivity index (χ0v) is 19.7. The number of alkyl carbamates (subject to hydrolysis) is 1. The van der Waals surface area contributed by atoms with Crippen molar-refractivity contribution in [2.45, 2.75) is 31.9 Å². The number of nitrogens with one attached hydrogen (secondary N) is 1. The summed E-state index contributed by atoms with van der Waals surface area (Å²) in [6.45, 7) is 3.66. The molecule has 172 valence electrons. The molecule has 1 aliphatic rings. The van der Waals surface area contributed by atoms with Crippen LogP contribution in [-0.2, 0) is 11.3 Å². The molecule has 3 aromatic rings. The minimum Gasteiger partial charge on any atom is -0.445 e. The van der Waals surface area contributed by atoms with Crippen molar-refractivity contribution >= 4 is 40.9 Å². The van der Waals surface area contributed by atoms with Gasteiger partial charge in [0.15, 0.2) is 5.82 Å². The fourth-order valence-electron chi connectivity index (χ4n) is 3.80. The molecule has 2 heterocycles. The fourth-order valence-corrected chi connectivity index (χ4v) is 4.19. The Bertz CT molecular complexity index is 1130. The summed E-state index contributed by atoms with van der Waals surface area (Å²) < 4.78 is 5.37. The molecule has 33 heavy (non-hydrogen) atoms. The van der Waals surface area contributed by atoms with Crippen LogP contribution in [0, 0.1) is 0 Å². The van der Waals surface area contributed by atoms with Gasteiger partial charge in [-0.2, -0.15) is 0 Å². The molecular formula is C24H25Cl2N5O2. The molecule has 4 rings (SSSR count). The first kappa shape index (κ1) is 23.1. The van der Waals surface area contributed by atoms with Gasteiger partial charge in [0, 0.05) is 24.2 Å². The molecular weight excluding hydrogens is 461 g/mol. The molecule has 3 N–H and O–H groups in total. The highest BCUT2D eigenvalue weighted by molar-refractivity contribution is 6.43. The van der Waals surface area contributed by atoms with Gasteiger partial charge in [-0.15, -0.1) is 0 Å². The first-order chi connectivity index (χ1) is 15.8. The smallest absolute Gasteiger partial charge is 0.407 e. The molecule has 0 unspecified atom stereocenters. The quantitative estimate of drug-likeness (QED) is 0.507. The van der Waals surface area contributed by atoms with Crippen molar-refractivity contribution in [2.24, 2.45) is 0 Å². The number of carbonyl (C=O) groups excluding carboxylic acids is 1. The monoisotopic (exact) mass is 485 g/mol. The first-order valence-corrected chi connectivity index (χ1v) is 11.4. The number of nitrogens with zero attached hydrogens (tertiary/aromatic N) is 3.